The Labute approximate surface area is 407 Å². The van der Waals surface area contributed by atoms with Crippen LogP contribution in [0.2, 0.25) is 0 Å². The molecule has 9 atom stereocenters. The molecule has 5 N–H and O–H groups in total. The van der Waals surface area contributed by atoms with E-state index in [0.717, 1.165) is 0 Å². The Balaban J connectivity index is 2.68. The van der Waals surface area contributed by atoms with Crippen molar-refractivity contribution in [1.82, 2.24) is 41.3 Å². The molecule has 1 aromatic rings. The van der Waals surface area contributed by atoms with E-state index < -0.39 is 144 Å². The van der Waals surface area contributed by atoms with Crippen LogP contribution in [0.1, 0.15) is 108 Å². The van der Waals surface area contributed by atoms with Crippen LogP contribution in [0.4, 0.5) is 4.79 Å². The van der Waals surface area contributed by atoms with Crippen molar-refractivity contribution >= 4 is 59.0 Å². The van der Waals surface area contributed by atoms with Gasteiger partial charge in [-0.05, 0) is 83.4 Å². The molecule has 1 aliphatic rings. The number of urea groups is 1. The van der Waals surface area contributed by atoms with E-state index in [9.17, 15) is 47.9 Å². The van der Waals surface area contributed by atoms with E-state index in [1.807, 2.05) is 6.92 Å². The number of likely N-dealkylation sites (N-methyl/N-ethyl adjacent to an activating group) is 2. The first-order chi connectivity index (χ1) is 32.1. The van der Waals surface area contributed by atoms with Crippen LogP contribution in [0.5, 0.6) is 5.75 Å². The predicted octanol–water partition coefficient (Wildman–Crippen LogP) is 2.35. The van der Waals surface area contributed by atoms with E-state index in [-0.39, 0.29) is 13.0 Å². The van der Waals surface area contributed by atoms with Crippen LogP contribution in [0.3, 0.4) is 0 Å². The van der Waals surface area contributed by atoms with Crippen molar-refractivity contribution in [3.63, 3.8) is 0 Å². The van der Waals surface area contributed by atoms with Crippen molar-refractivity contribution in [1.29, 1.82) is 0 Å². The largest absolute Gasteiger partial charge is 0.497 e. The van der Waals surface area contributed by atoms with Gasteiger partial charge in [0.1, 0.15) is 23.2 Å². The second-order valence-corrected chi connectivity index (χ2v) is 19.3. The van der Waals surface area contributed by atoms with Gasteiger partial charge in [-0.15, -0.1) is 0 Å². The van der Waals surface area contributed by atoms with Gasteiger partial charge in [0.05, 0.1) is 44.2 Å². The summed E-state index contributed by atoms with van der Waals surface area (Å²) in [7, 11) is 4.31. The summed E-state index contributed by atoms with van der Waals surface area (Å²) in [4.78, 5) is 142. The number of nitrogens with zero attached hydrogens (tertiary/aromatic N) is 3. The Morgan fingerprint density at radius 2 is 1.25 bits per heavy atom. The van der Waals surface area contributed by atoms with E-state index >= 15 is 0 Å². The lowest BCUT2D eigenvalue weighted by Crippen LogP contribution is -2.59. The molecule has 20 nitrogen and oxygen atoms in total. The van der Waals surface area contributed by atoms with Gasteiger partial charge in [0.25, 0.3) is 5.91 Å². The summed E-state index contributed by atoms with van der Waals surface area (Å²) in [5.41, 5.74) is -1.20. The molecule has 0 aromatic heterocycles. The summed E-state index contributed by atoms with van der Waals surface area (Å²) in [6.07, 6.45) is -0.634. The topological polar surface area (TPSA) is 259 Å². The summed E-state index contributed by atoms with van der Waals surface area (Å²) >= 11 is 0. The number of cyclic esters (lactones) is 1. The summed E-state index contributed by atoms with van der Waals surface area (Å²) in [5, 5.41) is 13.1. The monoisotopic (exact) mass is 971 g/mol. The first-order valence-corrected chi connectivity index (χ1v) is 23.7. The van der Waals surface area contributed by atoms with Crippen LogP contribution < -0.4 is 31.3 Å². The zero-order chi connectivity index (χ0) is 52.8. The number of carbonyl (C=O) groups excluding carboxylic acids is 10. The fourth-order valence-corrected chi connectivity index (χ4v) is 8.02. The molecule has 0 unspecified atom stereocenters. The van der Waals surface area contributed by atoms with Gasteiger partial charge >= 0.3 is 12.0 Å². The van der Waals surface area contributed by atoms with Gasteiger partial charge in [0, 0.05) is 26.7 Å². The predicted molar refractivity (Wildman–Crippen MR) is 257 cm³/mol. The second-order valence-electron chi connectivity index (χ2n) is 19.3. The first kappa shape index (κ1) is 59.0. The Bertz CT molecular complexity index is 2020. The summed E-state index contributed by atoms with van der Waals surface area (Å²) in [6.45, 7) is 19.3. The Morgan fingerprint density at radius 1 is 0.710 bits per heavy atom. The third kappa shape index (κ3) is 15.5. The molecule has 0 saturated carbocycles. The van der Waals surface area contributed by atoms with E-state index in [1.165, 1.54) is 77.4 Å². The highest BCUT2D eigenvalue weighted by molar-refractivity contribution is 6.09. The molecular weight excluding hydrogens is 893 g/mol. The SMILES string of the molecule is CC[C@@H](C)[C@@H]1C(=O)NCC(=O)N(C)[C@@H](C(C)C)C(=O)[C@@H](C)N(Cc2ccc(OC)cc2)C(=O)N[C@@H](C)C(=O)C(C)(C)C(=O)N[C@@H](C)C(=O)N[C@@H](CC)[C@@H](C)C(=O)O[C@@H](C(C)C)C(=O)NCC(=O)N1C. The lowest BCUT2D eigenvalue weighted by molar-refractivity contribution is -0.163. The molecule has 0 radical (unpaired) electrons. The second kappa shape index (κ2) is 26.1. The smallest absolute Gasteiger partial charge is 0.318 e. The summed E-state index contributed by atoms with van der Waals surface area (Å²) in [5.74, 6) is -8.15. The number of hydrogen-bond donors (Lipinski definition) is 5. The molecule has 20 heteroatoms. The van der Waals surface area contributed by atoms with Gasteiger partial charge in [-0.3, -0.25) is 43.2 Å². The molecule has 0 bridgehead atoms. The van der Waals surface area contributed by atoms with Crippen molar-refractivity contribution in [2.24, 2.45) is 29.1 Å². The van der Waals surface area contributed by atoms with Gasteiger partial charge in [-0.25, -0.2) is 4.79 Å². The normalized spacial score (nSPS) is 27.0. The number of hydrogen-bond acceptors (Lipinski definition) is 12. The molecule has 8 amide bonds. The third-order valence-corrected chi connectivity index (χ3v) is 13.0. The van der Waals surface area contributed by atoms with Crippen LogP contribution in [-0.2, 0) is 54.4 Å². The minimum absolute atomic E-state index is 0.126. The van der Waals surface area contributed by atoms with Crippen molar-refractivity contribution in [2.45, 2.75) is 152 Å². The minimum atomic E-state index is -1.80. The fourth-order valence-electron chi connectivity index (χ4n) is 8.02. The van der Waals surface area contributed by atoms with Gasteiger partial charge in [0.2, 0.25) is 29.5 Å². The highest BCUT2D eigenvalue weighted by atomic mass is 16.5. The fraction of sp³-hybridized carbons (Fsp3) is 0.673. The number of carbonyl (C=O) groups is 10. The quantitative estimate of drug-likeness (QED) is 0.186. The van der Waals surface area contributed by atoms with Crippen LogP contribution in [-0.4, -0.2) is 150 Å². The van der Waals surface area contributed by atoms with Crippen molar-refractivity contribution in [3.05, 3.63) is 29.8 Å². The lowest BCUT2D eigenvalue weighted by atomic mass is 9.83. The summed E-state index contributed by atoms with van der Waals surface area (Å²) in [6, 6.07) is -0.769. The number of nitrogens with one attached hydrogen (secondary N) is 5. The highest BCUT2D eigenvalue weighted by Crippen LogP contribution is 2.23. The van der Waals surface area contributed by atoms with Crippen LogP contribution >= 0.6 is 0 Å². The van der Waals surface area contributed by atoms with E-state index in [4.69, 9.17) is 9.47 Å². The van der Waals surface area contributed by atoms with Crippen molar-refractivity contribution in [2.75, 3.05) is 34.3 Å². The standard InChI is InChI=1S/C49H78N8O12/c1-17-28(7)39-44(63)50-23-36(58)55(14)38(26(3)4)40(60)32(11)57(25-33-19-21-34(68-16)22-20-33)48(67)53-30(9)42(61)49(12,13)47(66)52-31(10)43(62)54-35(18-2)29(8)46(65)69-41(27(5)6)45(64)51-24-37(59)56(39)15/h19-22,26-32,35,38-39,41H,17-18,23-25H2,1-16H3,(H,50,63)(H,51,64)(H,52,66)(H,53,67)(H,54,62)/t28-,29-,30+,31+,32-,35+,38+,39-,41+/m1/s1. The molecule has 1 aromatic carbocycles. The first-order valence-electron chi connectivity index (χ1n) is 23.7. The molecule has 69 heavy (non-hydrogen) atoms. The van der Waals surface area contributed by atoms with Gasteiger partial charge in [0.15, 0.2) is 17.7 Å². The van der Waals surface area contributed by atoms with Crippen LogP contribution in [0, 0.1) is 29.1 Å². The number of amides is 8. The van der Waals surface area contributed by atoms with Gasteiger partial charge < -0.3 is 50.8 Å². The Kier molecular flexibility index (Phi) is 22.3. The summed E-state index contributed by atoms with van der Waals surface area (Å²) < 4.78 is 10.9. The molecule has 1 saturated heterocycles. The maximum absolute atomic E-state index is 14.6. The average molecular weight is 971 g/mol. The van der Waals surface area contributed by atoms with Crippen LogP contribution in [0.15, 0.2) is 24.3 Å². The number of esters is 1. The van der Waals surface area contributed by atoms with Gasteiger partial charge in [-0.2, -0.15) is 0 Å². The minimum Gasteiger partial charge on any atom is -0.497 e. The Hall–Kier alpha value is -6.08. The maximum atomic E-state index is 14.6. The van der Waals surface area contributed by atoms with Gasteiger partial charge in [-0.1, -0.05) is 67.0 Å². The number of ketones is 2. The molecule has 1 heterocycles. The molecule has 0 spiro atoms. The number of ether oxygens (including phenoxy) is 2. The van der Waals surface area contributed by atoms with Crippen molar-refractivity contribution in [3.8, 4) is 5.75 Å². The molecule has 2 rings (SSSR count). The van der Waals surface area contributed by atoms with Crippen LogP contribution in [0.25, 0.3) is 0 Å². The molecule has 0 aliphatic carbocycles. The number of methoxy groups -OCH3 is 1. The molecule has 1 fully saturated rings. The average Bonchev–Trinajstić information content (AvgIpc) is 3.30. The van der Waals surface area contributed by atoms with E-state index in [1.54, 1.807) is 65.8 Å². The lowest BCUT2D eigenvalue weighted by Gasteiger charge is -2.37. The zero-order valence-electron chi connectivity index (χ0n) is 43.4. The number of rotatable bonds is 8. The Morgan fingerprint density at radius 3 is 1.74 bits per heavy atom. The highest BCUT2D eigenvalue weighted by Gasteiger charge is 2.43. The third-order valence-electron chi connectivity index (χ3n) is 13.0. The maximum Gasteiger partial charge on any atom is 0.318 e. The van der Waals surface area contributed by atoms with Crippen molar-refractivity contribution < 1.29 is 57.4 Å². The zero-order valence-corrected chi connectivity index (χ0v) is 43.4. The molecule has 386 valence electrons. The number of benzene rings is 1. The number of Topliss-reactive ketones (excluding diaryl/α,β-unsaturated/α-hetero) is 2. The van der Waals surface area contributed by atoms with E-state index in [0.29, 0.717) is 17.7 Å². The molecular formula is C49H78N8O12. The van der Waals surface area contributed by atoms with E-state index in [2.05, 4.69) is 26.6 Å². The molecule has 1 aliphatic heterocycles.